The van der Waals surface area contributed by atoms with Gasteiger partial charge in [-0.05, 0) is 37.8 Å². The van der Waals surface area contributed by atoms with Crippen molar-refractivity contribution in [3.05, 3.63) is 29.8 Å². The highest BCUT2D eigenvalue weighted by molar-refractivity contribution is 8.00. The monoisotopic (exact) mass is 399 g/mol. The van der Waals surface area contributed by atoms with Crippen molar-refractivity contribution < 1.29 is 9.59 Å². The Morgan fingerprint density at radius 1 is 1.23 bits per heavy atom. The van der Waals surface area contributed by atoms with Crippen LogP contribution < -0.4 is 16.4 Å². The van der Waals surface area contributed by atoms with Gasteiger partial charge in [-0.1, -0.05) is 31.4 Å². The molecule has 0 aliphatic heterocycles. The second kappa shape index (κ2) is 12.2. The molecule has 0 radical (unpaired) electrons. The van der Waals surface area contributed by atoms with Crippen LogP contribution in [0.2, 0.25) is 0 Å². The number of amides is 2. The number of hydrogen-bond donors (Lipinski definition) is 3. The number of nitrogens with two attached hydrogens (primary N) is 1. The zero-order chi connectivity index (χ0) is 18.1. The van der Waals surface area contributed by atoms with E-state index in [9.17, 15) is 9.59 Å². The summed E-state index contributed by atoms with van der Waals surface area (Å²) in [6.07, 6.45) is 6.31. The first-order valence-corrected chi connectivity index (χ1v) is 10.1. The van der Waals surface area contributed by atoms with Crippen LogP contribution in [0.5, 0.6) is 0 Å². The van der Waals surface area contributed by atoms with E-state index >= 15 is 0 Å². The van der Waals surface area contributed by atoms with E-state index in [1.807, 2.05) is 25.1 Å². The molecule has 7 heteroatoms. The minimum atomic E-state index is -0.149. The van der Waals surface area contributed by atoms with E-state index in [2.05, 4.69) is 10.6 Å². The van der Waals surface area contributed by atoms with E-state index in [-0.39, 0.29) is 30.3 Å². The molecule has 26 heavy (non-hydrogen) atoms. The van der Waals surface area contributed by atoms with Crippen molar-refractivity contribution in [1.82, 2.24) is 10.6 Å². The minimum Gasteiger partial charge on any atom is -0.355 e. The molecule has 1 saturated carbocycles. The van der Waals surface area contributed by atoms with Crippen molar-refractivity contribution in [2.45, 2.75) is 50.0 Å². The van der Waals surface area contributed by atoms with Crippen LogP contribution in [0.15, 0.2) is 29.2 Å². The fourth-order valence-electron chi connectivity index (χ4n) is 2.98. The van der Waals surface area contributed by atoms with Crippen LogP contribution in [-0.4, -0.2) is 36.7 Å². The summed E-state index contributed by atoms with van der Waals surface area (Å²) in [4.78, 5) is 25.3. The summed E-state index contributed by atoms with van der Waals surface area (Å²) in [7, 11) is 0. The average molecular weight is 400 g/mol. The molecule has 0 aromatic heterocycles. The lowest BCUT2D eigenvalue weighted by Gasteiger charge is -2.21. The molecule has 4 N–H and O–H groups in total. The van der Waals surface area contributed by atoms with Crippen molar-refractivity contribution in [3.8, 4) is 0 Å². The number of carbonyl (C=O) groups excluding carboxylic acids is 2. The van der Waals surface area contributed by atoms with Gasteiger partial charge >= 0.3 is 0 Å². The smallest absolute Gasteiger partial charge is 0.252 e. The van der Waals surface area contributed by atoms with Gasteiger partial charge in [0.05, 0.1) is 11.3 Å². The quantitative estimate of drug-likeness (QED) is 0.587. The molecule has 0 bridgehead atoms. The largest absolute Gasteiger partial charge is 0.355 e. The lowest BCUT2D eigenvalue weighted by Crippen LogP contribution is -2.38. The summed E-state index contributed by atoms with van der Waals surface area (Å²) in [5.41, 5.74) is 6.15. The zero-order valence-corrected chi connectivity index (χ0v) is 17.0. The van der Waals surface area contributed by atoms with Gasteiger partial charge in [0, 0.05) is 24.0 Å². The summed E-state index contributed by atoms with van der Waals surface area (Å²) in [6.45, 7) is 3.03. The SMILES string of the molecule is C[C@@H](CN)NC(=O)c1ccccc1SCC(=O)NCC1CCCCC1.Cl. The lowest BCUT2D eigenvalue weighted by molar-refractivity contribution is -0.118. The van der Waals surface area contributed by atoms with E-state index in [0.29, 0.717) is 23.8 Å². The number of rotatable bonds is 8. The third kappa shape index (κ3) is 7.56. The van der Waals surface area contributed by atoms with Gasteiger partial charge in [-0.15, -0.1) is 24.2 Å². The van der Waals surface area contributed by atoms with Crippen LogP contribution in [-0.2, 0) is 4.79 Å². The predicted octanol–water partition coefficient (Wildman–Crippen LogP) is 2.97. The Hall–Kier alpha value is -1.24. The Labute approximate surface area is 166 Å². The number of halogens is 1. The maximum atomic E-state index is 12.3. The highest BCUT2D eigenvalue weighted by atomic mass is 35.5. The molecular weight excluding hydrogens is 370 g/mol. The molecule has 5 nitrogen and oxygen atoms in total. The number of carbonyl (C=O) groups is 2. The first kappa shape index (κ1) is 22.8. The Kier molecular flexibility index (Phi) is 10.7. The molecule has 1 aliphatic rings. The molecule has 0 unspecified atom stereocenters. The highest BCUT2D eigenvalue weighted by Crippen LogP contribution is 2.24. The van der Waals surface area contributed by atoms with Gasteiger partial charge in [-0.3, -0.25) is 9.59 Å². The molecule has 1 aromatic rings. The molecule has 0 spiro atoms. The van der Waals surface area contributed by atoms with Crippen molar-refractivity contribution in [2.24, 2.45) is 11.7 Å². The molecular formula is C19H30ClN3O2S. The van der Waals surface area contributed by atoms with Crippen molar-refractivity contribution in [1.29, 1.82) is 0 Å². The molecule has 2 amide bonds. The topological polar surface area (TPSA) is 84.2 Å². The Morgan fingerprint density at radius 3 is 2.62 bits per heavy atom. The Bertz CT molecular complexity index is 580. The summed E-state index contributed by atoms with van der Waals surface area (Å²) in [5.74, 6) is 0.826. The molecule has 1 atom stereocenters. The molecule has 1 aromatic carbocycles. The predicted molar refractivity (Wildman–Crippen MR) is 110 cm³/mol. The van der Waals surface area contributed by atoms with E-state index < -0.39 is 0 Å². The van der Waals surface area contributed by atoms with Gasteiger partial charge in [-0.2, -0.15) is 0 Å². The highest BCUT2D eigenvalue weighted by Gasteiger charge is 2.16. The van der Waals surface area contributed by atoms with E-state index in [1.165, 1.54) is 43.9 Å². The van der Waals surface area contributed by atoms with Gasteiger partial charge in [0.1, 0.15) is 0 Å². The van der Waals surface area contributed by atoms with Crippen LogP contribution >= 0.6 is 24.2 Å². The van der Waals surface area contributed by atoms with E-state index in [1.54, 1.807) is 6.07 Å². The third-order valence-corrected chi connectivity index (χ3v) is 5.61. The Balaban J connectivity index is 0.00000338. The van der Waals surface area contributed by atoms with Crippen molar-refractivity contribution in [2.75, 3.05) is 18.8 Å². The lowest BCUT2D eigenvalue weighted by atomic mass is 9.89. The second-order valence-corrected chi connectivity index (χ2v) is 7.72. The minimum absolute atomic E-state index is 0. The molecule has 146 valence electrons. The first-order chi connectivity index (χ1) is 12.1. The van der Waals surface area contributed by atoms with Gasteiger partial charge < -0.3 is 16.4 Å². The number of benzene rings is 1. The zero-order valence-electron chi connectivity index (χ0n) is 15.3. The second-order valence-electron chi connectivity index (χ2n) is 6.70. The third-order valence-electron chi connectivity index (χ3n) is 4.53. The van der Waals surface area contributed by atoms with Crippen molar-refractivity contribution in [3.63, 3.8) is 0 Å². The molecule has 0 heterocycles. The van der Waals surface area contributed by atoms with Gasteiger partial charge in [0.25, 0.3) is 5.91 Å². The van der Waals surface area contributed by atoms with Crippen molar-refractivity contribution >= 4 is 36.0 Å². The van der Waals surface area contributed by atoms with E-state index in [4.69, 9.17) is 5.73 Å². The normalized spacial score (nSPS) is 15.6. The fourth-order valence-corrected chi connectivity index (χ4v) is 3.86. The number of hydrogen-bond acceptors (Lipinski definition) is 4. The van der Waals surface area contributed by atoms with Crippen LogP contribution in [0, 0.1) is 5.92 Å². The van der Waals surface area contributed by atoms with E-state index in [0.717, 1.165) is 11.4 Å². The van der Waals surface area contributed by atoms with Gasteiger partial charge in [0.2, 0.25) is 5.91 Å². The fraction of sp³-hybridized carbons (Fsp3) is 0.579. The van der Waals surface area contributed by atoms with Crippen LogP contribution in [0.4, 0.5) is 0 Å². The Morgan fingerprint density at radius 2 is 1.92 bits per heavy atom. The van der Waals surface area contributed by atoms with Crippen LogP contribution in [0.25, 0.3) is 0 Å². The standard InChI is InChI=1S/C19H29N3O2S.ClH/c1-14(11-20)22-19(24)16-9-5-6-10-17(16)25-13-18(23)21-12-15-7-3-2-4-8-15;/h5-6,9-10,14-15H,2-4,7-8,11-13,20H2,1H3,(H,21,23)(H,22,24);1H/t14-;/m0./s1. The maximum absolute atomic E-state index is 12.3. The number of thioether (sulfide) groups is 1. The summed E-state index contributed by atoms with van der Waals surface area (Å²) < 4.78 is 0. The van der Waals surface area contributed by atoms with Crippen LogP contribution in [0.1, 0.15) is 49.4 Å². The summed E-state index contributed by atoms with van der Waals surface area (Å²) >= 11 is 1.40. The van der Waals surface area contributed by atoms with Crippen LogP contribution in [0.3, 0.4) is 0 Å². The molecule has 0 saturated heterocycles. The molecule has 2 rings (SSSR count). The number of nitrogens with one attached hydrogen (secondary N) is 2. The summed E-state index contributed by atoms with van der Waals surface area (Å²) in [5, 5.41) is 5.90. The maximum Gasteiger partial charge on any atom is 0.252 e. The summed E-state index contributed by atoms with van der Waals surface area (Å²) in [6, 6.07) is 7.28. The first-order valence-electron chi connectivity index (χ1n) is 9.09. The molecule has 1 fully saturated rings. The average Bonchev–Trinajstić information content (AvgIpc) is 2.65. The van der Waals surface area contributed by atoms with Gasteiger partial charge in [-0.25, -0.2) is 0 Å². The molecule has 1 aliphatic carbocycles. The van der Waals surface area contributed by atoms with Gasteiger partial charge in [0.15, 0.2) is 0 Å².